The Bertz CT molecular complexity index is 61.4. The molecule has 3 nitrogen and oxygen atoms in total. The molecule has 1 fully saturated rings. The van der Waals surface area contributed by atoms with Crippen molar-refractivity contribution in [3.05, 3.63) is 0 Å². The van der Waals surface area contributed by atoms with E-state index in [1.165, 1.54) is 0 Å². The van der Waals surface area contributed by atoms with Crippen LogP contribution in [-0.2, 0) is 0 Å². The van der Waals surface area contributed by atoms with E-state index in [-0.39, 0.29) is 12.6 Å². The maximum atomic E-state index is 8.59. The highest BCUT2D eigenvalue weighted by Gasteiger charge is 2.08. The molecule has 0 saturated carbocycles. The zero-order valence-corrected chi connectivity index (χ0v) is 4.85. The molecule has 3 N–H and O–H groups in total. The normalized spacial score (nSPS) is 30.4. The van der Waals surface area contributed by atoms with Crippen LogP contribution in [0, 0.1) is 0 Å². The van der Waals surface area contributed by atoms with Crippen LogP contribution in [-0.4, -0.2) is 24.3 Å². The molecule has 0 amide bonds. The molecule has 0 spiro atoms. The third-order valence-electron chi connectivity index (χ3n) is 1.38. The number of hydrazine groups is 1. The van der Waals surface area contributed by atoms with Crippen molar-refractivity contribution < 1.29 is 5.11 Å². The number of hydrogen-bond donors (Lipinski definition) is 3. The van der Waals surface area contributed by atoms with E-state index >= 15 is 0 Å². The van der Waals surface area contributed by atoms with Gasteiger partial charge in [0.1, 0.15) is 0 Å². The lowest BCUT2D eigenvalue weighted by atomic mass is 10.1. The monoisotopic (exact) mass is 116 g/mol. The molecule has 0 aromatic rings. The van der Waals surface area contributed by atoms with Gasteiger partial charge in [-0.2, -0.15) is 0 Å². The van der Waals surface area contributed by atoms with Crippen molar-refractivity contribution >= 4 is 0 Å². The third kappa shape index (κ3) is 1.43. The van der Waals surface area contributed by atoms with Gasteiger partial charge in [-0.3, -0.25) is 10.9 Å². The Morgan fingerprint density at radius 3 is 2.88 bits per heavy atom. The molecular weight excluding hydrogens is 104 g/mol. The molecule has 1 heterocycles. The first-order valence-corrected chi connectivity index (χ1v) is 3.02. The SMILES string of the molecule is OCC1CCCNN1. The summed E-state index contributed by atoms with van der Waals surface area (Å²) in [5.74, 6) is 0. The average Bonchev–Trinajstić information content (AvgIpc) is 1.90. The minimum atomic E-state index is 0.243. The van der Waals surface area contributed by atoms with E-state index in [2.05, 4.69) is 10.9 Å². The lowest BCUT2D eigenvalue weighted by Gasteiger charge is -2.21. The molecule has 1 unspecified atom stereocenters. The van der Waals surface area contributed by atoms with Gasteiger partial charge in [0.25, 0.3) is 0 Å². The third-order valence-corrected chi connectivity index (χ3v) is 1.38. The molecule has 0 bridgehead atoms. The van der Waals surface area contributed by atoms with Crippen molar-refractivity contribution in [2.45, 2.75) is 18.9 Å². The quantitative estimate of drug-likeness (QED) is 0.422. The van der Waals surface area contributed by atoms with Gasteiger partial charge in [0, 0.05) is 12.6 Å². The highest BCUT2D eigenvalue weighted by atomic mass is 16.3. The Kier molecular flexibility index (Phi) is 2.27. The fraction of sp³-hybridized carbons (Fsp3) is 1.00. The lowest BCUT2D eigenvalue weighted by Crippen LogP contribution is -2.47. The molecule has 1 aliphatic heterocycles. The molecule has 1 saturated heterocycles. The van der Waals surface area contributed by atoms with Crippen LogP contribution < -0.4 is 10.9 Å². The minimum Gasteiger partial charge on any atom is -0.395 e. The molecule has 0 aromatic carbocycles. The van der Waals surface area contributed by atoms with Gasteiger partial charge in [-0.15, -0.1) is 0 Å². The largest absolute Gasteiger partial charge is 0.395 e. The number of nitrogens with one attached hydrogen (secondary N) is 2. The Morgan fingerprint density at radius 1 is 1.62 bits per heavy atom. The maximum absolute atomic E-state index is 8.59. The summed E-state index contributed by atoms with van der Waals surface area (Å²) in [5, 5.41) is 8.59. The summed E-state index contributed by atoms with van der Waals surface area (Å²) >= 11 is 0. The Morgan fingerprint density at radius 2 is 2.50 bits per heavy atom. The number of rotatable bonds is 1. The van der Waals surface area contributed by atoms with E-state index in [0.717, 1.165) is 19.4 Å². The molecule has 0 aliphatic carbocycles. The van der Waals surface area contributed by atoms with Gasteiger partial charge in [0.05, 0.1) is 6.61 Å². The maximum Gasteiger partial charge on any atom is 0.0598 e. The van der Waals surface area contributed by atoms with Crippen LogP contribution >= 0.6 is 0 Å². The first-order chi connectivity index (χ1) is 3.93. The van der Waals surface area contributed by atoms with Gasteiger partial charge in [-0.05, 0) is 12.8 Å². The zero-order chi connectivity index (χ0) is 5.82. The smallest absolute Gasteiger partial charge is 0.0598 e. The first kappa shape index (κ1) is 6.01. The lowest BCUT2D eigenvalue weighted by molar-refractivity contribution is 0.202. The summed E-state index contributed by atoms with van der Waals surface area (Å²) in [5.41, 5.74) is 5.94. The molecule has 1 rings (SSSR count). The van der Waals surface area contributed by atoms with Crippen LogP contribution in [0.4, 0.5) is 0 Å². The summed E-state index contributed by atoms with van der Waals surface area (Å²) in [4.78, 5) is 0. The Hall–Kier alpha value is -0.120. The summed E-state index contributed by atoms with van der Waals surface area (Å²) in [6, 6.07) is 0.281. The number of aliphatic hydroxyl groups excluding tert-OH is 1. The van der Waals surface area contributed by atoms with Crippen molar-refractivity contribution in [1.29, 1.82) is 0 Å². The summed E-state index contributed by atoms with van der Waals surface area (Å²) < 4.78 is 0. The molecule has 1 aliphatic rings. The minimum absolute atomic E-state index is 0.243. The predicted octanol–water partition coefficient (Wildman–Crippen LogP) is -0.765. The molecule has 48 valence electrons. The van der Waals surface area contributed by atoms with E-state index in [0.29, 0.717) is 0 Å². The van der Waals surface area contributed by atoms with E-state index in [4.69, 9.17) is 5.11 Å². The highest BCUT2D eigenvalue weighted by Crippen LogP contribution is 1.97. The van der Waals surface area contributed by atoms with Crippen LogP contribution in [0.3, 0.4) is 0 Å². The second kappa shape index (κ2) is 3.02. The molecule has 1 atom stereocenters. The topological polar surface area (TPSA) is 44.3 Å². The summed E-state index contributed by atoms with van der Waals surface area (Å²) in [6.07, 6.45) is 2.25. The highest BCUT2D eigenvalue weighted by molar-refractivity contribution is 4.67. The number of aliphatic hydroxyl groups is 1. The van der Waals surface area contributed by atoms with Gasteiger partial charge >= 0.3 is 0 Å². The van der Waals surface area contributed by atoms with E-state index in [9.17, 15) is 0 Å². The fourth-order valence-corrected chi connectivity index (χ4v) is 0.862. The Labute approximate surface area is 49.1 Å². The average molecular weight is 116 g/mol. The van der Waals surface area contributed by atoms with Crippen molar-refractivity contribution in [3.8, 4) is 0 Å². The van der Waals surface area contributed by atoms with Gasteiger partial charge in [0.15, 0.2) is 0 Å². The second-order valence-corrected chi connectivity index (χ2v) is 2.09. The summed E-state index contributed by atoms with van der Waals surface area (Å²) in [6.45, 7) is 1.27. The molecule has 8 heavy (non-hydrogen) atoms. The van der Waals surface area contributed by atoms with Gasteiger partial charge < -0.3 is 5.11 Å². The standard InChI is InChI=1S/C5H12N2O/c8-4-5-2-1-3-6-7-5/h5-8H,1-4H2. The number of hydrogen-bond acceptors (Lipinski definition) is 3. The second-order valence-electron chi connectivity index (χ2n) is 2.09. The zero-order valence-electron chi connectivity index (χ0n) is 4.85. The van der Waals surface area contributed by atoms with Crippen LogP contribution in [0.1, 0.15) is 12.8 Å². The van der Waals surface area contributed by atoms with E-state index in [1.54, 1.807) is 0 Å². The van der Waals surface area contributed by atoms with Crippen LogP contribution in [0.5, 0.6) is 0 Å². The van der Waals surface area contributed by atoms with Crippen molar-refractivity contribution in [2.75, 3.05) is 13.2 Å². The van der Waals surface area contributed by atoms with Crippen LogP contribution in [0.15, 0.2) is 0 Å². The summed E-state index contributed by atoms with van der Waals surface area (Å²) in [7, 11) is 0. The van der Waals surface area contributed by atoms with Gasteiger partial charge in [-0.25, -0.2) is 0 Å². The molecule has 3 heteroatoms. The van der Waals surface area contributed by atoms with Crippen LogP contribution in [0.25, 0.3) is 0 Å². The van der Waals surface area contributed by atoms with E-state index in [1.807, 2.05) is 0 Å². The van der Waals surface area contributed by atoms with Crippen LogP contribution in [0.2, 0.25) is 0 Å². The molecule has 0 aromatic heterocycles. The first-order valence-electron chi connectivity index (χ1n) is 3.02. The van der Waals surface area contributed by atoms with Crippen molar-refractivity contribution in [2.24, 2.45) is 0 Å². The Balaban J connectivity index is 2.13. The fourth-order valence-electron chi connectivity index (χ4n) is 0.862. The van der Waals surface area contributed by atoms with E-state index < -0.39 is 0 Å². The molecule has 0 radical (unpaired) electrons. The van der Waals surface area contributed by atoms with Gasteiger partial charge in [0.2, 0.25) is 0 Å². The van der Waals surface area contributed by atoms with Crippen molar-refractivity contribution in [3.63, 3.8) is 0 Å². The van der Waals surface area contributed by atoms with Gasteiger partial charge in [-0.1, -0.05) is 0 Å². The van der Waals surface area contributed by atoms with Crippen molar-refractivity contribution in [1.82, 2.24) is 10.9 Å². The predicted molar refractivity (Wildman–Crippen MR) is 31.2 cm³/mol. The molecular formula is C5H12N2O.